The van der Waals surface area contributed by atoms with E-state index < -0.39 is 0 Å². The van der Waals surface area contributed by atoms with E-state index >= 15 is 0 Å². The van der Waals surface area contributed by atoms with Crippen LogP contribution in [0.2, 0.25) is 0 Å². The molecule has 3 atom stereocenters. The van der Waals surface area contributed by atoms with Crippen molar-refractivity contribution in [2.24, 2.45) is 5.92 Å². The molecule has 1 saturated heterocycles. The molecule has 1 aliphatic heterocycles. The SMILES string of the molecule is COC(=O)C(C)C(C)N(CC1CCCN1)C(C)C. The van der Waals surface area contributed by atoms with Crippen molar-refractivity contribution in [3.05, 3.63) is 0 Å². The summed E-state index contributed by atoms with van der Waals surface area (Å²) < 4.78 is 4.85. The molecular formula is C14H28N2O2. The molecule has 4 heteroatoms. The number of nitrogens with zero attached hydrogens (tertiary/aromatic N) is 1. The molecule has 106 valence electrons. The normalized spacial score (nSPS) is 23.4. The minimum atomic E-state index is -0.118. The number of carbonyl (C=O) groups excluding carboxylic acids is 1. The van der Waals surface area contributed by atoms with Crippen molar-refractivity contribution in [1.29, 1.82) is 0 Å². The van der Waals surface area contributed by atoms with Crippen LogP contribution in [0.4, 0.5) is 0 Å². The van der Waals surface area contributed by atoms with E-state index in [-0.39, 0.29) is 17.9 Å². The van der Waals surface area contributed by atoms with Gasteiger partial charge >= 0.3 is 5.97 Å². The van der Waals surface area contributed by atoms with Crippen LogP contribution in [0.25, 0.3) is 0 Å². The number of esters is 1. The maximum absolute atomic E-state index is 11.7. The first-order valence-electron chi connectivity index (χ1n) is 7.04. The van der Waals surface area contributed by atoms with Crippen molar-refractivity contribution in [2.75, 3.05) is 20.2 Å². The first kappa shape index (κ1) is 15.4. The molecule has 4 nitrogen and oxygen atoms in total. The van der Waals surface area contributed by atoms with Gasteiger partial charge in [-0.05, 0) is 40.2 Å². The van der Waals surface area contributed by atoms with Gasteiger partial charge in [-0.25, -0.2) is 0 Å². The van der Waals surface area contributed by atoms with Gasteiger partial charge < -0.3 is 10.1 Å². The van der Waals surface area contributed by atoms with Gasteiger partial charge in [0.1, 0.15) is 0 Å². The quantitative estimate of drug-likeness (QED) is 0.734. The molecule has 0 bridgehead atoms. The minimum absolute atomic E-state index is 0.0844. The van der Waals surface area contributed by atoms with Crippen molar-refractivity contribution in [1.82, 2.24) is 10.2 Å². The number of nitrogens with one attached hydrogen (secondary N) is 1. The molecule has 0 aromatic carbocycles. The van der Waals surface area contributed by atoms with Crippen molar-refractivity contribution in [3.63, 3.8) is 0 Å². The van der Waals surface area contributed by atoms with Gasteiger partial charge in [0, 0.05) is 24.7 Å². The van der Waals surface area contributed by atoms with E-state index in [0.717, 1.165) is 13.1 Å². The largest absolute Gasteiger partial charge is 0.469 e. The Morgan fingerprint density at radius 1 is 1.39 bits per heavy atom. The second-order valence-electron chi connectivity index (χ2n) is 5.64. The summed E-state index contributed by atoms with van der Waals surface area (Å²) in [5.74, 6) is -0.202. The Morgan fingerprint density at radius 2 is 2.06 bits per heavy atom. The van der Waals surface area contributed by atoms with Gasteiger partial charge in [-0.3, -0.25) is 9.69 Å². The van der Waals surface area contributed by atoms with Gasteiger partial charge in [0.15, 0.2) is 0 Å². The molecule has 0 aromatic heterocycles. The van der Waals surface area contributed by atoms with E-state index in [4.69, 9.17) is 4.74 Å². The molecule has 0 spiro atoms. The number of methoxy groups -OCH3 is 1. The Kier molecular flexibility index (Phi) is 6.09. The lowest BCUT2D eigenvalue weighted by atomic mass is 10.00. The van der Waals surface area contributed by atoms with Gasteiger partial charge in [-0.1, -0.05) is 6.92 Å². The summed E-state index contributed by atoms with van der Waals surface area (Å²) in [6.07, 6.45) is 2.50. The maximum Gasteiger partial charge on any atom is 0.309 e. The van der Waals surface area contributed by atoms with Gasteiger partial charge in [-0.2, -0.15) is 0 Å². The smallest absolute Gasteiger partial charge is 0.309 e. The number of hydrogen-bond donors (Lipinski definition) is 1. The Morgan fingerprint density at radius 3 is 2.50 bits per heavy atom. The monoisotopic (exact) mass is 256 g/mol. The van der Waals surface area contributed by atoms with Crippen LogP contribution in [-0.2, 0) is 9.53 Å². The molecule has 1 heterocycles. The highest BCUT2D eigenvalue weighted by molar-refractivity contribution is 5.72. The van der Waals surface area contributed by atoms with Gasteiger partial charge in [0.2, 0.25) is 0 Å². The first-order chi connectivity index (χ1) is 8.47. The summed E-state index contributed by atoms with van der Waals surface area (Å²) in [4.78, 5) is 14.1. The summed E-state index contributed by atoms with van der Waals surface area (Å²) in [6.45, 7) is 10.6. The van der Waals surface area contributed by atoms with E-state index in [0.29, 0.717) is 12.1 Å². The van der Waals surface area contributed by atoms with Gasteiger partial charge in [0.05, 0.1) is 13.0 Å². The van der Waals surface area contributed by atoms with Crippen LogP contribution < -0.4 is 5.32 Å². The third-order valence-electron chi connectivity index (χ3n) is 4.08. The van der Waals surface area contributed by atoms with E-state index in [1.165, 1.54) is 20.0 Å². The molecule has 0 amide bonds. The summed E-state index contributed by atoms with van der Waals surface area (Å²) in [5, 5.41) is 3.52. The van der Waals surface area contributed by atoms with Crippen LogP contribution in [0.5, 0.6) is 0 Å². The summed E-state index contributed by atoms with van der Waals surface area (Å²) >= 11 is 0. The predicted molar refractivity (Wildman–Crippen MR) is 73.5 cm³/mol. The fourth-order valence-corrected chi connectivity index (χ4v) is 2.68. The number of rotatable bonds is 6. The molecule has 0 aliphatic carbocycles. The Bertz CT molecular complexity index is 263. The van der Waals surface area contributed by atoms with Gasteiger partial charge in [-0.15, -0.1) is 0 Å². The zero-order valence-corrected chi connectivity index (χ0v) is 12.4. The molecule has 0 radical (unpaired) electrons. The average molecular weight is 256 g/mol. The summed E-state index contributed by atoms with van der Waals surface area (Å²) in [6, 6.07) is 1.22. The molecule has 1 fully saturated rings. The average Bonchev–Trinajstić information content (AvgIpc) is 2.85. The zero-order valence-electron chi connectivity index (χ0n) is 12.4. The van der Waals surface area contributed by atoms with E-state index in [9.17, 15) is 4.79 Å². The summed E-state index contributed by atoms with van der Waals surface area (Å²) in [7, 11) is 1.46. The third-order valence-corrected chi connectivity index (χ3v) is 4.08. The predicted octanol–water partition coefficient (Wildman–Crippen LogP) is 1.65. The second-order valence-corrected chi connectivity index (χ2v) is 5.64. The second kappa shape index (κ2) is 7.10. The van der Waals surface area contributed by atoms with E-state index in [2.05, 4.69) is 31.0 Å². The standard InChI is InChI=1S/C14H28N2O2/c1-10(2)16(9-13-7-6-8-15-13)12(4)11(3)14(17)18-5/h10-13,15H,6-9H2,1-5H3. The van der Waals surface area contributed by atoms with Crippen LogP contribution in [0.1, 0.15) is 40.5 Å². The fourth-order valence-electron chi connectivity index (χ4n) is 2.68. The lowest BCUT2D eigenvalue weighted by Crippen LogP contribution is -2.49. The van der Waals surface area contributed by atoms with Crippen molar-refractivity contribution in [3.8, 4) is 0 Å². The Labute approximate surface area is 111 Å². The topological polar surface area (TPSA) is 41.6 Å². The minimum Gasteiger partial charge on any atom is -0.469 e. The lowest BCUT2D eigenvalue weighted by Gasteiger charge is -2.37. The van der Waals surface area contributed by atoms with Crippen molar-refractivity contribution in [2.45, 2.75) is 58.7 Å². The molecule has 0 aromatic rings. The Balaban J connectivity index is 2.61. The van der Waals surface area contributed by atoms with Crippen LogP contribution in [-0.4, -0.2) is 49.2 Å². The van der Waals surface area contributed by atoms with E-state index in [1.54, 1.807) is 0 Å². The van der Waals surface area contributed by atoms with Crippen LogP contribution in [0.3, 0.4) is 0 Å². The number of carbonyl (C=O) groups is 1. The fraction of sp³-hybridized carbons (Fsp3) is 0.929. The first-order valence-corrected chi connectivity index (χ1v) is 7.04. The molecular weight excluding hydrogens is 228 g/mol. The van der Waals surface area contributed by atoms with Crippen molar-refractivity contribution < 1.29 is 9.53 Å². The highest BCUT2D eigenvalue weighted by Crippen LogP contribution is 2.18. The number of ether oxygens (including phenoxy) is 1. The molecule has 18 heavy (non-hydrogen) atoms. The zero-order chi connectivity index (χ0) is 13.7. The molecule has 1 rings (SSSR count). The van der Waals surface area contributed by atoms with Crippen molar-refractivity contribution >= 4 is 5.97 Å². The van der Waals surface area contributed by atoms with Crippen LogP contribution in [0, 0.1) is 5.92 Å². The number of hydrogen-bond acceptors (Lipinski definition) is 4. The molecule has 0 saturated carbocycles. The molecule has 3 unspecified atom stereocenters. The third kappa shape index (κ3) is 3.95. The van der Waals surface area contributed by atoms with Crippen LogP contribution in [0.15, 0.2) is 0 Å². The highest BCUT2D eigenvalue weighted by Gasteiger charge is 2.30. The van der Waals surface area contributed by atoms with E-state index in [1.807, 2.05) is 6.92 Å². The lowest BCUT2D eigenvalue weighted by molar-refractivity contribution is -0.147. The van der Waals surface area contributed by atoms with Gasteiger partial charge in [0.25, 0.3) is 0 Å². The van der Waals surface area contributed by atoms with Crippen LogP contribution >= 0.6 is 0 Å². The summed E-state index contributed by atoms with van der Waals surface area (Å²) in [5.41, 5.74) is 0. The highest BCUT2D eigenvalue weighted by atomic mass is 16.5. The molecule has 1 aliphatic rings. The maximum atomic E-state index is 11.7. The Hall–Kier alpha value is -0.610. The molecule has 1 N–H and O–H groups in total.